The van der Waals surface area contributed by atoms with Crippen molar-refractivity contribution in [3.05, 3.63) is 54.0 Å². The maximum Gasteiger partial charge on any atom is 0.275 e. The Hall–Kier alpha value is -3.22. The maximum atomic E-state index is 13.0. The molecule has 4 heterocycles. The van der Waals surface area contributed by atoms with Crippen molar-refractivity contribution in [1.82, 2.24) is 30.3 Å². The Morgan fingerprint density at radius 2 is 2.08 bits per heavy atom. The first-order chi connectivity index (χ1) is 12.8. The van der Waals surface area contributed by atoms with Gasteiger partial charge < -0.3 is 4.90 Å². The van der Waals surface area contributed by atoms with Crippen LogP contribution in [0.1, 0.15) is 34.9 Å². The minimum atomic E-state index is -0.0187. The number of pyridine rings is 1. The number of amides is 1. The summed E-state index contributed by atoms with van der Waals surface area (Å²) >= 11 is 0. The number of hydrogen-bond donors (Lipinski definition) is 2. The second-order valence-corrected chi connectivity index (χ2v) is 6.75. The van der Waals surface area contributed by atoms with E-state index >= 15 is 0 Å². The van der Waals surface area contributed by atoms with Crippen LogP contribution in [-0.2, 0) is 0 Å². The summed E-state index contributed by atoms with van der Waals surface area (Å²) in [5, 5.41) is 16.0. The van der Waals surface area contributed by atoms with Gasteiger partial charge in [0.2, 0.25) is 0 Å². The number of nitrogens with one attached hydrogen (secondary N) is 2. The zero-order valence-corrected chi connectivity index (χ0v) is 14.1. The number of benzene rings is 1. The minimum absolute atomic E-state index is 0.0187. The summed E-state index contributed by atoms with van der Waals surface area (Å²) in [6.45, 7) is 1.41. The van der Waals surface area contributed by atoms with Gasteiger partial charge in [0, 0.05) is 35.5 Å². The standard InChI is InChI=1S/C19H18N6O/c26-19(17-14-5-1-2-6-16(14)22-23-17)25-9-3-4-13(11-25)15-8-7-12-10-20-24-18(12)21-15/h1-2,5-8,10,13H,3-4,9,11H2,(H,22,23)(H,20,21,24)/t13-/m1/s1. The highest BCUT2D eigenvalue weighted by atomic mass is 16.2. The number of hydrogen-bond acceptors (Lipinski definition) is 4. The van der Waals surface area contributed by atoms with Crippen molar-refractivity contribution < 1.29 is 4.79 Å². The molecule has 7 heteroatoms. The Bertz CT molecular complexity index is 1100. The van der Waals surface area contributed by atoms with Crippen molar-refractivity contribution >= 4 is 27.8 Å². The highest BCUT2D eigenvalue weighted by Crippen LogP contribution is 2.28. The number of fused-ring (bicyclic) bond motifs is 2. The summed E-state index contributed by atoms with van der Waals surface area (Å²) in [5.74, 6) is 0.209. The normalized spacial score (nSPS) is 17.8. The van der Waals surface area contributed by atoms with Crippen LogP contribution in [-0.4, -0.2) is 49.3 Å². The van der Waals surface area contributed by atoms with Gasteiger partial charge >= 0.3 is 0 Å². The molecule has 0 saturated carbocycles. The van der Waals surface area contributed by atoms with Gasteiger partial charge in [-0.05, 0) is 31.0 Å². The molecule has 1 fully saturated rings. The van der Waals surface area contributed by atoms with E-state index in [0.29, 0.717) is 12.2 Å². The number of para-hydroxylation sites is 1. The van der Waals surface area contributed by atoms with Gasteiger partial charge in [0.1, 0.15) is 0 Å². The topological polar surface area (TPSA) is 90.6 Å². The monoisotopic (exact) mass is 346 g/mol. The molecular weight excluding hydrogens is 328 g/mol. The van der Waals surface area contributed by atoms with Crippen LogP contribution in [0.15, 0.2) is 42.6 Å². The molecule has 0 spiro atoms. The molecule has 4 aromatic rings. The summed E-state index contributed by atoms with van der Waals surface area (Å²) in [7, 11) is 0. The molecule has 3 aromatic heterocycles. The lowest BCUT2D eigenvalue weighted by Crippen LogP contribution is -2.39. The summed E-state index contributed by atoms with van der Waals surface area (Å²) < 4.78 is 0. The quantitative estimate of drug-likeness (QED) is 0.584. The van der Waals surface area contributed by atoms with Gasteiger partial charge in [-0.1, -0.05) is 18.2 Å². The lowest BCUT2D eigenvalue weighted by atomic mass is 9.94. The van der Waals surface area contributed by atoms with Gasteiger partial charge in [0.15, 0.2) is 11.3 Å². The Morgan fingerprint density at radius 3 is 3.04 bits per heavy atom. The van der Waals surface area contributed by atoms with E-state index in [1.54, 1.807) is 6.20 Å². The van der Waals surface area contributed by atoms with E-state index in [-0.39, 0.29) is 11.8 Å². The highest BCUT2D eigenvalue weighted by Gasteiger charge is 2.28. The fourth-order valence-corrected chi connectivity index (χ4v) is 3.75. The van der Waals surface area contributed by atoms with Crippen LogP contribution >= 0.6 is 0 Å². The number of piperidine rings is 1. The van der Waals surface area contributed by atoms with Crippen molar-refractivity contribution in [2.75, 3.05) is 13.1 Å². The third-order valence-corrected chi connectivity index (χ3v) is 5.12. The van der Waals surface area contributed by atoms with E-state index in [2.05, 4.69) is 25.4 Å². The SMILES string of the molecule is O=C(c1n[nH]c2ccccc12)N1CCC[C@@H](c2ccc3cn[nH]c3n2)C1. The predicted molar refractivity (Wildman–Crippen MR) is 97.9 cm³/mol. The van der Waals surface area contributed by atoms with E-state index in [1.807, 2.05) is 41.3 Å². The van der Waals surface area contributed by atoms with Crippen molar-refractivity contribution in [2.24, 2.45) is 0 Å². The average molecular weight is 346 g/mol. The molecule has 1 aromatic carbocycles. The number of likely N-dealkylation sites (tertiary alicyclic amines) is 1. The first kappa shape index (κ1) is 15.1. The first-order valence-corrected chi connectivity index (χ1v) is 8.82. The molecule has 130 valence electrons. The molecule has 0 aliphatic carbocycles. The summed E-state index contributed by atoms with van der Waals surface area (Å²) in [4.78, 5) is 19.6. The van der Waals surface area contributed by atoms with Crippen molar-refractivity contribution in [3.63, 3.8) is 0 Å². The molecule has 7 nitrogen and oxygen atoms in total. The van der Waals surface area contributed by atoms with Crippen LogP contribution in [0.3, 0.4) is 0 Å². The molecule has 1 aliphatic rings. The van der Waals surface area contributed by atoms with Crippen molar-refractivity contribution in [3.8, 4) is 0 Å². The number of carbonyl (C=O) groups excluding carboxylic acids is 1. The van der Waals surface area contributed by atoms with Crippen LogP contribution in [0.25, 0.3) is 21.9 Å². The summed E-state index contributed by atoms with van der Waals surface area (Å²) in [6, 6.07) is 11.8. The number of carbonyl (C=O) groups is 1. The van der Waals surface area contributed by atoms with E-state index < -0.39 is 0 Å². The second-order valence-electron chi connectivity index (χ2n) is 6.75. The van der Waals surface area contributed by atoms with Gasteiger partial charge in [-0.3, -0.25) is 15.0 Å². The molecule has 26 heavy (non-hydrogen) atoms. The zero-order chi connectivity index (χ0) is 17.5. The Balaban J connectivity index is 1.42. The van der Waals surface area contributed by atoms with Gasteiger partial charge in [-0.25, -0.2) is 4.98 Å². The number of nitrogens with zero attached hydrogens (tertiary/aromatic N) is 4. The van der Waals surface area contributed by atoms with Crippen LogP contribution < -0.4 is 0 Å². The van der Waals surface area contributed by atoms with Gasteiger partial charge in [0.25, 0.3) is 5.91 Å². The van der Waals surface area contributed by atoms with Crippen LogP contribution in [0.2, 0.25) is 0 Å². The number of rotatable bonds is 2. The van der Waals surface area contributed by atoms with Gasteiger partial charge in [-0.15, -0.1) is 0 Å². The minimum Gasteiger partial charge on any atom is -0.337 e. The first-order valence-electron chi connectivity index (χ1n) is 8.82. The van der Waals surface area contributed by atoms with Crippen LogP contribution in [0.5, 0.6) is 0 Å². The van der Waals surface area contributed by atoms with E-state index in [9.17, 15) is 4.79 Å². The van der Waals surface area contributed by atoms with Gasteiger partial charge in [0.05, 0.1) is 11.7 Å². The molecule has 1 aliphatic heterocycles. The van der Waals surface area contributed by atoms with E-state index in [1.165, 1.54) is 0 Å². The van der Waals surface area contributed by atoms with Crippen LogP contribution in [0, 0.1) is 0 Å². The molecule has 5 rings (SSSR count). The molecule has 0 bridgehead atoms. The van der Waals surface area contributed by atoms with E-state index in [4.69, 9.17) is 0 Å². The fraction of sp³-hybridized carbons (Fsp3) is 0.263. The zero-order valence-electron chi connectivity index (χ0n) is 14.1. The molecular formula is C19H18N6O. The summed E-state index contributed by atoms with van der Waals surface area (Å²) in [6.07, 6.45) is 3.75. The highest BCUT2D eigenvalue weighted by molar-refractivity contribution is 6.04. The van der Waals surface area contributed by atoms with E-state index in [0.717, 1.165) is 47.0 Å². The molecule has 1 saturated heterocycles. The average Bonchev–Trinajstić information content (AvgIpc) is 3.33. The smallest absolute Gasteiger partial charge is 0.275 e. The molecule has 0 unspecified atom stereocenters. The van der Waals surface area contributed by atoms with Crippen LogP contribution in [0.4, 0.5) is 0 Å². The Morgan fingerprint density at radius 1 is 1.15 bits per heavy atom. The Kier molecular flexibility index (Phi) is 3.44. The van der Waals surface area contributed by atoms with Crippen molar-refractivity contribution in [1.29, 1.82) is 0 Å². The maximum absolute atomic E-state index is 13.0. The third kappa shape index (κ3) is 2.44. The number of aromatic nitrogens is 5. The van der Waals surface area contributed by atoms with Gasteiger partial charge in [-0.2, -0.15) is 10.2 Å². The lowest BCUT2D eigenvalue weighted by Gasteiger charge is -2.32. The Labute approximate surface area is 149 Å². The molecule has 0 radical (unpaired) electrons. The second kappa shape index (κ2) is 5.94. The predicted octanol–water partition coefficient (Wildman–Crippen LogP) is 2.85. The van der Waals surface area contributed by atoms with Crippen molar-refractivity contribution in [2.45, 2.75) is 18.8 Å². The molecule has 2 N–H and O–H groups in total. The lowest BCUT2D eigenvalue weighted by molar-refractivity contribution is 0.0702. The molecule has 1 amide bonds. The summed E-state index contributed by atoms with van der Waals surface area (Å²) in [5.41, 5.74) is 3.18. The number of aromatic amines is 2. The fourth-order valence-electron chi connectivity index (χ4n) is 3.75. The largest absolute Gasteiger partial charge is 0.337 e. The molecule has 1 atom stereocenters. The third-order valence-electron chi connectivity index (χ3n) is 5.12. The number of H-pyrrole nitrogens is 2.